The number of carbonyl (C=O) groups excluding carboxylic acids is 1. The molecule has 2 aliphatic rings. The number of benzene rings is 1. The van der Waals surface area contributed by atoms with Gasteiger partial charge in [0.1, 0.15) is 5.75 Å². The highest BCUT2D eigenvalue weighted by molar-refractivity contribution is 5.88. The van der Waals surface area contributed by atoms with Gasteiger partial charge in [0.05, 0.1) is 13.2 Å². The van der Waals surface area contributed by atoms with Crippen molar-refractivity contribution in [3.8, 4) is 5.75 Å². The van der Waals surface area contributed by atoms with Gasteiger partial charge in [-0.1, -0.05) is 5.16 Å². The molecule has 132 valence electrons. The lowest BCUT2D eigenvalue weighted by molar-refractivity contribution is -0.135. The number of hydrogen-bond acceptors (Lipinski definition) is 6. The van der Waals surface area contributed by atoms with Gasteiger partial charge in [-0.3, -0.25) is 4.84 Å². The van der Waals surface area contributed by atoms with Gasteiger partial charge in [-0.05, 0) is 49.9 Å². The fraction of sp³-hybridized carbons (Fsp3) is 0.471. The van der Waals surface area contributed by atoms with Gasteiger partial charge in [0.2, 0.25) is 11.7 Å². The average molecular weight is 344 g/mol. The molecule has 0 spiro atoms. The summed E-state index contributed by atoms with van der Waals surface area (Å²) in [5, 5.41) is 8.08. The molecule has 25 heavy (non-hydrogen) atoms. The van der Waals surface area contributed by atoms with Crippen molar-refractivity contribution < 1.29 is 18.9 Å². The van der Waals surface area contributed by atoms with Crippen LogP contribution >= 0.6 is 0 Å². The molecule has 0 bridgehead atoms. The van der Waals surface area contributed by atoms with Crippen LogP contribution in [0.4, 0.5) is 10.5 Å². The minimum Gasteiger partial charge on any atom is -0.485 e. The van der Waals surface area contributed by atoms with E-state index < -0.39 is 0 Å². The topological polar surface area (TPSA) is 89.7 Å². The number of rotatable bonds is 5. The molecule has 1 N–H and O–H groups in total. The Balaban J connectivity index is 1.28. The molecule has 2 aromatic rings. The highest BCUT2D eigenvalue weighted by Gasteiger charge is 2.29. The van der Waals surface area contributed by atoms with Crippen molar-refractivity contribution in [2.75, 3.05) is 18.5 Å². The average Bonchev–Trinajstić information content (AvgIpc) is 3.40. The summed E-state index contributed by atoms with van der Waals surface area (Å²) in [5.74, 6) is 2.36. The Bertz CT molecular complexity index is 721. The van der Waals surface area contributed by atoms with Crippen molar-refractivity contribution in [3.05, 3.63) is 36.0 Å². The van der Waals surface area contributed by atoms with Crippen LogP contribution in [-0.4, -0.2) is 34.4 Å². The molecule has 1 aromatic carbocycles. The van der Waals surface area contributed by atoms with E-state index in [1.54, 1.807) is 24.3 Å². The van der Waals surface area contributed by atoms with Gasteiger partial charge >= 0.3 is 6.03 Å². The summed E-state index contributed by atoms with van der Waals surface area (Å²) >= 11 is 0. The maximum Gasteiger partial charge on any atom is 0.345 e. The van der Waals surface area contributed by atoms with Gasteiger partial charge in [-0.25, -0.2) is 9.86 Å². The van der Waals surface area contributed by atoms with E-state index in [1.807, 2.05) is 0 Å². The number of carbonyl (C=O) groups is 1. The molecule has 1 aliphatic heterocycles. The molecule has 4 rings (SSSR count). The van der Waals surface area contributed by atoms with E-state index >= 15 is 0 Å². The van der Waals surface area contributed by atoms with E-state index in [-0.39, 0.29) is 12.6 Å². The smallest absolute Gasteiger partial charge is 0.345 e. The van der Waals surface area contributed by atoms with Crippen molar-refractivity contribution in [2.24, 2.45) is 0 Å². The van der Waals surface area contributed by atoms with E-state index in [0.29, 0.717) is 42.2 Å². The maximum absolute atomic E-state index is 12.1. The van der Waals surface area contributed by atoms with E-state index in [9.17, 15) is 4.79 Å². The van der Waals surface area contributed by atoms with Gasteiger partial charge in [0.25, 0.3) is 0 Å². The standard InChI is InChI=1S/C17H20N4O4/c22-17(21-9-1-2-10-24-21)18-13-5-7-14(8-6-13)23-11-15-19-16(25-20-15)12-3-4-12/h5-8,12H,1-4,9-11H2,(H,18,22). The number of aromatic nitrogens is 2. The van der Waals surface area contributed by atoms with Gasteiger partial charge < -0.3 is 14.6 Å². The first-order valence-corrected chi connectivity index (χ1v) is 8.55. The minimum atomic E-state index is -0.257. The molecule has 1 saturated carbocycles. The molecule has 0 atom stereocenters. The first-order valence-electron chi connectivity index (χ1n) is 8.55. The number of nitrogens with zero attached hydrogens (tertiary/aromatic N) is 3. The predicted molar refractivity (Wildman–Crippen MR) is 88.0 cm³/mol. The van der Waals surface area contributed by atoms with E-state index in [0.717, 1.165) is 25.7 Å². The van der Waals surface area contributed by atoms with Crippen LogP contribution in [0.5, 0.6) is 5.75 Å². The Kier molecular flexibility index (Phi) is 4.51. The van der Waals surface area contributed by atoms with E-state index in [4.69, 9.17) is 14.1 Å². The number of nitrogens with one attached hydrogen (secondary N) is 1. The fourth-order valence-electron chi connectivity index (χ4n) is 2.55. The van der Waals surface area contributed by atoms with Crippen LogP contribution < -0.4 is 10.1 Å². The zero-order valence-electron chi connectivity index (χ0n) is 13.8. The Labute approximate surface area is 145 Å². The Morgan fingerprint density at radius 2 is 2.12 bits per heavy atom. The zero-order chi connectivity index (χ0) is 17.1. The van der Waals surface area contributed by atoms with Gasteiger partial charge in [0, 0.05) is 11.6 Å². The highest BCUT2D eigenvalue weighted by Crippen LogP contribution is 2.38. The Morgan fingerprint density at radius 1 is 1.28 bits per heavy atom. The normalized spacial score (nSPS) is 17.4. The van der Waals surface area contributed by atoms with Crippen LogP contribution in [0.2, 0.25) is 0 Å². The second-order valence-corrected chi connectivity index (χ2v) is 6.21. The summed E-state index contributed by atoms with van der Waals surface area (Å²) in [6, 6.07) is 6.88. The Hall–Kier alpha value is -2.61. The largest absolute Gasteiger partial charge is 0.485 e. The minimum absolute atomic E-state index is 0.254. The lowest BCUT2D eigenvalue weighted by Gasteiger charge is -2.25. The van der Waals surface area contributed by atoms with Crippen molar-refractivity contribution >= 4 is 11.7 Å². The van der Waals surface area contributed by atoms with Crippen molar-refractivity contribution in [2.45, 2.75) is 38.2 Å². The summed E-state index contributed by atoms with van der Waals surface area (Å²) in [6.45, 7) is 1.45. The molecule has 2 fully saturated rings. The first kappa shape index (κ1) is 15.9. The van der Waals surface area contributed by atoms with Crippen LogP contribution in [0.15, 0.2) is 28.8 Å². The maximum atomic E-state index is 12.1. The summed E-state index contributed by atoms with van der Waals surface area (Å²) in [4.78, 5) is 21.7. The highest BCUT2D eigenvalue weighted by atomic mass is 16.7. The van der Waals surface area contributed by atoms with Crippen LogP contribution in [0.1, 0.15) is 43.3 Å². The lowest BCUT2D eigenvalue weighted by atomic mass is 10.3. The van der Waals surface area contributed by atoms with Crippen molar-refractivity contribution in [1.82, 2.24) is 15.2 Å². The molecular weight excluding hydrogens is 324 g/mol. The summed E-state index contributed by atoms with van der Waals surface area (Å²) in [5.41, 5.74) is 0.683. The fourth-order valence-corrected chi connectivity index (χ4v) is 2.55. The van der Waals surface area contributed by atoms with Crippen molar-refractivity contribution in [3.63, 3.8) is 0 Å². The third kappa shape index (κ3) is 4.08. The van der Waals surface area contributed by atoms with Gasteiger partial charge in [-0.15, -0.1) is 0 Å². The van der Waals surface area contributed by atoms with Crippen LogP contribution in [0.25, 0.3) is 0 Å². The second-order valence-electron chi connectivity index (χ2n) is 6.21. The monoisotopic (exact) mass is 344 g/mol. The number of hydrogen-bond donors (Lipinski definition) is 1. The summed E-state index contributed by atoms with van der Waals surface area (Å²) in [6.07, 6.45) is 4.19. The van der Waals surface area contributed by atoms with Crippen LogP contribution in [0.3, 0.4) is 0 Å². The molecule has 1 aromatic heterocycles. The lowest BCUT2D eigenvalue weighted by Crippen LogP contribution is -2.38. The molecule has 8 heteroatoms. The van der Waals surface area contributed by atoms with Gasteiger partial charge in [0.15, 0.2) is 6.61 Å². The molecular formula is C17H20N4O4. The molecule has 2 heterocycles. The SMILES string of the molecule is O=C(Nc1ccc(OCc2noc(C3CC3)n2)cc1)N1CCCCO1. The summed E-state index contributed by atoms with van der Waals surface area (Å²) < 4.78 is 10.8. The molecule has 1 saturated heterocycles. The van der Waals surface area contributed by atoms with Crippen LogP contribution in [-0.2, 0) is 11.4 Å². The summed E-state index contributed by atoms with van der Waals surface area (Å²) in [7, 11) is 0. The molecule has 0 radical (unpaired) electrons. The van der Waals surface area contributed by atoms with Crippen LogP contribution in [0, 0.1) is 0 Å². The van der Waals surface area contributed by atoms with E-state index in [2.05, 4.69) is 15.5 Å². The predicted octanol–water partition coefficient (Wildman–Crippen LogP) is 3.09. The number of anilines is 1. The zero-order valence-corrected chi connectivity index (χ0v) is 13.8. The molecule has 0 unspecified atom stereocenters. The molecule has 1 aliphatic carbocycles. The number of ether oxygens (including phenoxy) is 1. The third-order valence-corrected chi connectivity index (χ3v) is 4.11. The number of urea groups is 1. The van der Waals surface area contributed by atoms with E-state index in [1.165, 1.54) is 5.06 Å². The molecule has 2 amide bonds. The number of hydroxylamine groups is 2. The van der Waals surface area contributed by atoms with Crippen molar-refractivity contribution in [1.29, 1.82) is 0 Å². The number of amides is 2. The Morgan fingerprint density at radius 3 is 2.84 bits per heavy atom. The quantitative estimate of drug-likeness (QED) is 0.896. The van der Waals surface area contributed by atoms with Gasteiger partial charge in [-0.2, -0.15) is 4.98 Å². The second kappa shape index (κ2) is 7.10. The molecule has 8 nitrogen and oxygen atoms in total. The third-order valence-electron chi connectivity index (χ3n) is 4.11. The first-order chi connectivity index (χ1) is 12.3.